The number of ether oxygens (including phenoxy) is 1. The van der Waals surface area contributed by atoms with E-state index in [9.17, 15) is 4.79 Å². The highest BCUT2D eigenvalue weighted by Gasteiger charge is 2.29. The number of thioether (sulfide) groups is 1. The van der Waals surface area contributed by atoms with Gasteiger partial charge in [0.05, 0.1) is 6.54 Å². The van der Waals surface area contributed by atoms with Crippen LogP contribution in [0.15, 0.2) is 4.99 Å². The van der Waals surface area contributed by atoms with Crippen LogP contribution >= 0.6 is 11.8 Å². The van der Waals surface area contributed by atoms with Crippen LogP contribution in [0, 0.1) is 5.92 Å². The van der Waals surface area contributed by atoms with Crippen molar-refractivity contribution in [3.63, 3.8) is 0 Å². The number of carbonyl (C=O) groups is 1. The number of carbonyl (C=O) groups excluding carboxylic acids is 1. The summed E-state index contributed by atoms with van der Waals surface area (Å²) in [5, 5.41) is 7.28. The van der Waals surface area contributed by atoms with Crippen LogP contribution < -0.4 is 10.6 Å². The lowest BCUT2D eigenvalue weighted by Gasteiger charge is -2.08. The van der Waals surface area contributed by atoms with Gasteiger partial charge < -0.3 is 15.4 Å². The molecule has 18 heavy (non-hydrogen) atoms. The Labute approximate surface area is 112 Å². The molecule has 6 heteroatoms. The first-order chi connectivity index (χ1) is 8.79. The van der Waals surface area contributed by atoms with Crippen molar-refractivity contribution in [1.29, 1.82) is 0 Å². The summed E-state index contributed by atoms with van der Waals surface area (Å²) in [4.78, 5) is 15.8. The van der Waals surface area contributed by atoms with Gasteiger partial charge in [-0.15, -0.1) is 0 Å². The van der Waals surface area contributed by atoms with Crippen molar-refractivity contribution in [1.82, 2.24) is 10.6 Å². The average molecular weight is 271 g/mol. The highest BCUT2D eigenvalue weighted by Crippen LogP contribution is 2.28. The van der Waals surface area contributed by atoms with Gasteiger partial charge in [-0.2, -0.15) is 0 Å². The number of nitrogens with one attached hydrogen (secondary N) is 2. The zero-order chi connectivity index (χ0) is 12.8. The summed E-state index contributed by atoms with van der Waals surface area (Å²) in [5.41, 5.74) is 0. The van der Waals surface area contributed by atoms with Gasteiger partial charge in [0.2, 0.25) is 5.91 Å². The largest absolute Gasteiger partial charge is 0.385 e. The number of nitrogens with zero attached hydrogens (tertiary/aromatic N) is 1. The average Bonchev–Trinajstić information content (AvgIpc) is 3.13. The van der Waals surface area contributed by atoms with Crippen LogP contribution in [0.4, 0.5) is 0 Å². The fourth-order valence-corrected chi connectivity index (χ4v) is 2.81. The molecule has 1 atom stereocenters. The first kappa shape index (κ1) is 13.7. The molecule has 2 aliphatic rings. The lowest BCUT2D eigenvalue weighted by Crippen LogP contribution is -2.30. The Morgan fingerprint density at radius 1 is 1.61 bits per heavy atom. The Balaban J connectivity index is 1.57. The van der Waals surface area contributed by atoms with Crippen LogP contribution in [0.2, 0.25) is 0 Å². The van der Waals surface area contributed by atoms with Crippen molar-refractivity contribution in [3.8, 4) is 0 Å². The maximum atomic E-state index is 11.4. The Kier molecular flexibility index (Phi) is 5.31. The molecule has 0 spiro atoms. The zero-order valence-corrected chi connectivity index (χ0v) is 11.6. The van der Waals surface area contributed by atoms with E-state index in [1.165, 1.54) is 0 Å². The summed E-state index contributed by atoms with van der Waals surface area (Å²) in [6.45, 7) is 2.08. The summed E-state index contributed by atoms with van der Waals surface area (Å²) in [7, 11) is 1.72. The molecule has 1 unspecified atom stereocenters. The van der Waals surface area contributed by atoms with E-state index in [0.29, 0.717) is 19.1 Å². The predicted octanol–water partition coefficient (Wildman–Crippen LogP) is 0.610. The van der Waals surface area contributed by atoms with Gasteiger partial charge in [0.1, 0.15) is 0 Å². The summed E-state index contributed by atoms with van der Waals surface area (Å²) >= 11 is 1.75. The Hall–Kier alpha value is -0.750. The van der Waals surface area contributed by atoms with Crippen LogP contribution in [-0.2, 0) is 9.53 Å². The molecule has 2 rings (SSSR count). The molecule has 102 valence electrons. The second kappa shape index (κ2) is 6.99. The van der Waals surface area contributed by atoms with Crippen LogP contribution in [0.1, 0.15) is 19.3 Å². The van der Waals surface area contributed by atoms with Crippen molar-refractivity contribution in [2.24, 2.45) is 10.9 Å². The Bertz CT molecular complexity index is 318. The number of amides is 1. The normalized spacial score (nSPS) is 25.2. The third-order valence-corrected chi connectivity index (χ3v) is 4.12. The van der Waals surface area contributed by atoms with Crippen molar-refractivity contribution < 1.29 is 9.53 Å². The third-order valence-electron chi connectivity index (χ3n) is 3.03. The van der Waals surface area contributed by atoms with E-state index < -0.39 is 0 Å². The standard InChI is InChI=1S/C12H21N3O2S/c1-17-7-4-10-8-18-12(15-10)14-6-5-13-11(16)9-2-3-9/h9-10H,2-8H2,1H3,(H,13,16)(H,14,15). The minimum absolute atomic E-state index is 0.195. The fourth-order valence-electron chi connectivity index (χ4n) is 1.77. The Morgan fingerprint density at radius 2 is 2.44 bits per heavy atom. The maximum absolute atomic E-state index is 11.4. The van der Waals surface area contributed by atoms with E-state index in [-0.39, 0.29) is 11.8 Å². The second-order valence-corrected chi connectivity index (χ2v) is 5.69. The molecule has 0 aromatic carbocycles. The molecule has 1 aliphatic carbocycles. The molecule has 1 saturated carbocycles. The molecule has 1 amide bonds. The van der Waals surface area contributed by atoms with E-state index in [2.05, 4.69) is 15.6 Å². The Morgan fingerprint density at radius 3 is 3.17 bits per heavy atom. The molecule has 0 radical (unpaired) electrons. The lowest BCUT2D eigenvalue weighted by atomic mass is 10.2. The molecule has 5 nitrogen and oxygen atoms in total. The molecule has 0 aromatic rings. The second-order valence-electron chi connectivity index (χ2n) is 4.69. The first-order valence-electron chi connectivity index (χ1n) is 6.50. The zero-order valence-electron chi connectivity index (χ0n) is 10.8. The van der Waals surface area contributed by atoms with Crippen LogP contribution in [0.3, 0.4) is 0 Å². The van der Waals surface area contributed by atoms with Gasteiger partial charge in [-0.3, -0.25) is 9.79 Å². The number of hydrogen-bond donors (Lipinski definition) is 2. The molecule has 2 fully saturated rings. The molecule has 1 aliphatic heterocycles. The van der Waals surface area contributed by atoms with Gasteiger partial charge in [0.15, 0.2) is 5.17 Å². The number of aliphatic imine (C=N–C) groups is 1. The summed E-state index contributed by atoms with van der Waals surface area (Å²) in [6, 6.07) is 0.467. The van der Waals surface area contributed by atoms with E-state index in [1.54, 1.807) is 18.9 Å². The monoisotopic (exact) mass is 271 g/mol. The topological polar surface area (TPSA) is 62.7 Å². The van der Waals surface area contributed by atoms with Gasteiger partial charge in [0, 0.05) is 38.0 Å². The SMILES string of the molecule is COCCC1CSC(=NCCNC(=O)C2CC2)N1. The summed E-state index contributed by atoms with van der Waals surface area (Å²) in [5.74, 6) is 1.53. The highest BCUT2D eigenvalue weighted by molar-refractivity contribution is 8.14. The minimum Gasteiger partial charge on any atom is -0.385 e. The van der Waals surface area contributed by atoms with Gasteiger partial charge >= 0.3 is 0 Å². The number of amidine groups is 1. The van der Waals surface area contributed by atoms with Crippen LogP contribution in [0.5, 0.6) is 0 Å². The summed E-state index contributed by atoms with van der Waals surface area (Å²) < 4.78 is 5.06. The predicted molar refractivity (Wildman–Crippen MR) is 73.9 cm³/mol. The lowest BCUT2D eigenvalue weighted by molar-refractivity contribution is -0.122. The molecule has 0 bridgehead atoms. The van der Waals surface area contributed by atoms with Crippen LogP contribution in [-0.4, -0.2) is 49.7 Å². The quantitative estimate of drug-likeness (QED) is 0.666. The van der Waals surface area contributed by atoms with Gasteiger partial charge in [0.25, 0.3) is 0 Å². The van der Waals surface area contributed by atoms with Crippen molar-refractivity contribution >= 4 is 22.8 Å². The maximum Gasteiger partial charge on any atom is 0.223 e. The van der Waals surface area contributed by atoms with Gasteiger partial charge in [-0.25, -0.2) is 0 Å². The number of rotatable bonds is 7. The van der Waals surface area contributed by atoms with Crippen molar-refractivity contribution in [2.75, 3.05) is 32.6 Å². The minimum atomic E-state index is 0.195. The molecule has 1 saturated heterocycles. The van der Waals surface area contributed by atoms with E-state index in [0.717, 1.165) is 36.8 Å². The van der Waals surface area contributed by atoms with Crippen molar-refractivity contribution in [2.45, 2.75) is 25.3 Å². The van der Waals surface area contributed by atoms with Crippen molar-refractivity contribution in [3.05, 3.63) is 0 Å². The number of methoxy groups -OCH3 is 1. The molecule has 1 heterocycles. The highest BCUT2D eigenvalue weighted by atomic mass is 32.2. The molecular formula is C12H21N3O2S. The van der Waals surface area contributed by atoms with E-state index in [1.807, 2.05) is 0 Å². The molecule has 0 aromatic heterocycles. The number of hydrogen-bond acceptors (Lipinski definition) is 4. The molecule has 2 N–H and O–H groups in total. The van der Waals surface area contributed by atoms with Crippen LogP contribution in [0.25, 0.3) is 0 Å². The smallest absolute Gasteiger partial charge is 0.223 e. The van der Waals surface area contributed by atoms with Gasteiger partial charge in [-0.05, 0) is 19.3 Å². The molecular weight excluding hydrogens is 250 g/mol. The fraction of sp³-hybridized carbons (Fsp3) is 0.833. The summed E-state index contributed by atoms with van der Waals surface area (Å²) in [6.07, 6.45) is 3.12. The van der Waals surface area contributed by atoms with E-state index in [4.69, 9.17) is 4.74 Å². The van der Waals surface area contributed by atoms with Gasteiger partial charge in [-0.1, -0.05) is 11.8 Å². The first-order valence-corrected chi connectivity index (χ1v) is 7.48. The third kappa shape index (κ3) is 4.49. The van der Waals surface area contributed by atoms with E-state index >= 15 is 0 Å².